The molecule has 3 aromatic rings. The average molecular weight is 445 g/mol. The molecule has 5 nitrogen and oxygen atoms in total. The molecule has 0 aromatic heterocycles. The Morgan fingerprint density at radius 3 is 2.15 bits per heavy atom. The van der Waals surface area contributed by atoms with E-state index < -0.39 is 0 Å². The number of ether oxygens (including phenoxy) is 1. The van der Waals surface area contributed by atoms with Gasteiger partial charge in [0.2, 0.25) is 0 Å². The van der Waals surface area contributed by atoms with Crippen molar-refractivity contribution in [3.63, 3.8) is 0 Å². The minimum atomic E-state index is -0.261. The van der Waals surface area contributed by atoms with Gasteiger partial charge in [0.15, 0.2) is 6.61 Å². The molecule has 0 saturated carbocycles. The number of carbonyl (C=O) groups is 2. The van der Waals surface area contributed by atoms with Crippen LogP contribution in [-0.4, -0.2) is 18.4 Å². The van der Waals surface area contributed by atoms with E-state index in [0.29, 0.717) is 17.0 Å². The summed E-state index contributed by atoms with van der Waals surface area (Å²) in [5.74, 6) is 0.227. The monoisotopic (exact) mass is 444 g/mol. The minimum absolute atomic E-state index is 0.0899. The Morgan fingerprint density at radius 2 is 1.55 bits per heavy atom. The molecule has 5 heteroatoms. The molecule has 172 valence electrons. The van der Waals surface area contributed by atoms with Crippen molar-refractivity contribution in [3.8, 4) is 5.75 Å². The quantitative estimate of drug-likeness (QED) is 0.433. The molecule has 0 fully saturated rings. The van der Waals surface area contributed by atoms with Gasteiger partial charge in [-0.15, -0.1) is 0 Å². The number of amides is 2. The molecule has 0 aliphatic rings. The summed E-state index contributed by atoms with van der Waals surface area (Å²) >= 11 is 0. The predicted octanol–water partition coefficient (Wildman–Crippen LogP) is 5.88. The highest BCUT2D eigenvalue weighted by molar-refractivity contribution is 5.96. The molecular formula is C28H32N2O3. The molecule has 0 saturated heterocycles. The summed E-state index contributed by atoms with van der Waals surface area (Å²) in [6, 6.07) is 24.4. The van der Waals surface area contributed by atoms with Gasteiger partial charge in [-0.3, -0.25) is 9.59 Å². The van der Waals surface area contributed by atoms with E-state index in [1.165, 1.54) is 5.56 Å². The van der Waals surface area contributed by atoms with E-state index in [0.717, 1.165) is 12.0 Å². The molecule has 3 rings (SSSR count). The predicted molar refractivity (Wildman–Crippen MR) is 133 cm³/mol. The molecule has 0 bridgehead atoms. The van der Waals surface area contributed by atoms with Crippen LogP contribution >= 0.6 is 0 Å². The topological polar surface area (TPSA) is 67.4 Å². The fourth-order valence-electron chi connectivity index (χ4n) is 3.36. The molecule has 1 unspecified atom stereocenters. The van der Waals surface area contributed by atoms with Gasteiger partial charge in [-0.05, 0) is 66.3 Å². The van der Waals surface area contributed by atoms with Gasteiger partial charge in [0.05, 0.1) is 6.04 Å². The Balaban J connectivity index is 1.49. The Bertz CT molecular complexity index is 1060. The van der Waals surface area contributed by atoms with Crippen molar-refractivity contribution >= 4 is 17.5 Å². The largest absolute Gasteiger partial charge is 0.484 e. The van der Waals surface area contributed by atoms with E-state index in [1.807, 2.05) is 61.5 Å². The van der Waals surface area contributed by atoms with E-state index in [-0.39, 0.29) is 29.9 Å². The lowest BCUT2D eigenvalue weighted by Crippen LogP contribution is -2.26. The number of hydrogen-bond donors (Lipinski definition) is 2. The molecule has 2 amide bonds. The van der Waals surface area contributed by atoms with Crippen LogP contribution in [0.25, 0.3) is 0 Å². The average Bonchev–Trinajstić information content (AvgIpc) is 2.84. The van der Waals surface area contributed by atoms with Crippen LogP contribution in [0.2, 0.25) is 0 Å². The number of nitrogens with one attached hydrogen (secondary N) is 2. The second-order valence-electron chi connectivity index (χ2n) is 8.78. The highest BCUT2D eigenvalue weighted by Crippen LogP contribution is 2.28. The van der Waals surface area contributed by atoms with E-state index in [4.69, 9.17) is 4.74 Å². The number of hydrogen-bond acceptors (Lipinski definition) is 3. The summed E-state index contributed by atoms with van der Waals surface area (Å²) in [6.45, 7) is 8.43. The van der Waals surface area contributed by atoms with Crippen LogP contribution in [0.1, 0.15) is 61.6 Å². The summed E-state index contributed by atoms with van der Waals surface area (Å²) in [6.07, 6.45) is 1.04. The van der Waals surface area contributed by atoms with Gasteiger partial charge in [-0.2, -0.15) is 0 Å². The molecule has 0 aliphatic heterocycles. The van der Waals surface area contributed by atoms with Gasteiger partial charge < -0.3 is 15.4 Å². The van der Waals surface area contributed by atoms with Crippen molar-refractivity contribution in [3.05, 3.63) is 95.6 Å². The van der Waals surface area contributed by atoms with Crippen LogP contribution in [0.5, 0.6) is 5.75 Å². The second-order valence-corrected chi connectivity index (χ2v) is 8.78. The maximum absolute atomic E-state index is 12.5. The zero-order valence-electron chi connectivity index (χ0n) is 19.7. The maximum Gasteiger partial charge on any atom is 0.262 e. The molecule has 3 aromatic carbocycles. The van der Waals surface area contributed by atoms with Crippen LogP contribution in [0, 0.1) is 0 Å². The highest BCUT2D eigenvalue weighted by Gasteiger charge is 2.17. The summed E-state index contributed by atoms with van der Waals surface area (Å²) < 4.78 is 5.61. The van der Waals surface area contributed by atoms with E-state index in [9.17, 15) is 9.59 Å². The zero-order valence-corrected chi connectivity index (χ0v) is 19.7. The number of anilines is 1. The summed E-state index contributed by atoms with van der Waals surface area (Å²) in [5, 5.41) is 5.78. The summed E-state index contributed by atoms with van der Waals surface area (Å²) in [7, 11) is 0. The standard InChI is InChI=1S/C28H32N2O3/c1-5-28(3,4)23-13-17-25(18-14-23)33-19-26(31)30-24-15-11-22(12-16-24)27(32)29-20(2)21-9-7-6-8-10-21/h6-18,20H,5,19H2,1-4H3,(H,29,32)(H,30,31). The first-order chi connectivity index (χ1) is 15.8. The van der Waals surface area contributed by atoms with Crippen LogP contribution in [-0.2, 0) is 10.2 Å². The Kier molecular flexibility index (Phi) is 7.88. The van der Waals surface area contributed by atoms with Gasteiger partial charge >= 0.3 is 0 Å². The van der Waals surface area contributed by atoms with Crippen molar-refractivity contribution in [1.82, 2.24) is 5.32 Å². The Morgan fingerprint density at radius 1 is 0.909 bits per heavy atom. The smallest absolute Gasteiger partial charge is 0.262 e. The molecule has 0 heterocycles. The molecule has 0 spiro atoms. The van der Waals surface area contributed by atoms with Crippen molar-refractivity contribution in [1.29, 1.82) is 0 Å². The van der Waals surface area contributed by atoms with Gasteiger partial charge in [0.25, 0.3) is 11.8 Å². The van der Waals surface area contributed by atoms with Crippen molar-refractivity contribution in [2.75, 3.05) is 11.9 Å². The first-order valence-electron chi connectivity index (χ1n) is 11.3. The third kappa shape index (κ3) is 6.69. The minimum Gasteiger partial charge on any atom is -0.484 e. The molecular weight excluding hydrogens is 412 g/mol. The summed E-state index contributed by atoms with van der Waals surface area (Å²) in [4.78, 5) is 24.8. The summed E-state index contributed by atoms with van der Waals surface area (Å²) in [5.41, 5.74) is 3.53. The van der Waals surface area contributed by atoms with Crippen LogP contribution in [0.4, 0.5) is 5.69 Å². The molecule has 33 heavy (non-hydrogen) atoms. The van der Waals surface area contributed by atoms with E-state index in [1.54, 1.807) is 24.3 Å². The fraction of sp³-hybridized carbons (Fsp3) is 0.286. The number of carbonyl (C=O) groups excluding carboxylic acids is 2. The van der Waals surface area contributed by atoms with Gasteiger partial charge in [0, 0.05) is 11.3 Å². The zero-order chi connectivity index (χ0) is 23.8. The van der Waals surface area contributed by atoms with E-state index in [2.05, 4.69) is 31.4 Å². The lowest BCUT2D eigenvalue weighted by atomic mass is 9.82. The first-order valence-corrected chi connectivity index (χ1v) is 11.3. The molecule has 0 radical (unpaired) electrons. The van der Waals surface area contributed by atoms with Crippen LogP contribution < -0.4 is 15.4 Å². The third-order valence-corrected chi connectivity index (χ3v) is 5.97. The lowest BCUT2D eigenvalue weighted by Gasteiger charge is -2.23. The Hall–Kier alpha value is -3.60. The maximum atomic E-state index is 12.5. The first kappa shape index (κ1) is 24.1. The normalized spacial score (nSPS) is 12.0. The lowest BCUT2D eigenvalue weighted by molar-refractivity contribution is -0.118. The van der Waals surface area contributed by atoms with Crippen LogP contribution in [0.15, 0.2) is 78.9 Å². The van der Waals surface area contributed by atoms with Crippen LogP contribution in [0.3, 0.4) is 0 Å². The van der Waals surface area contributed by atoms with Crippen molar-refractivity contribution < 1.29 is 14.3 Å². The van der Waals surface area contributed by atoms with Gasteiger partial charge in [0.1, 0.15) is 5.75 Å². The highest BCUT2D eigenvalue weighted by atomic mass is 16.5. The molecule has 2 N–H and O–H groups in total. The van der Waals surface area contributed by atoms with Crippen molar-refractivity contribution in [2.45, 2.75) is 45.6 Å². The second kappa shape index (κ2) is 10.8. The number of benzene rings is 3. The van der Waals surface area contributed by atoms with E-state index >= 15 is 0 Å². The number of rotatable bonds is 9. The SMILES string of the molecule is CCC(C)(C)c1ccc(OCC(=O)Nc2ccc(C(=O)NC(C)c3ccccc3)cc2)cc1. The molecule has 0 aliphatic carbocycles. The molecule has 1 atom stereocenters. The third-order valence-electron chi connectivity index (χ3n) is 5.97. The fourth-order valence-corrected chi connectivity index (χ4v) is 3.36. The van der Waals surface area contributed by atoms with Crippen molar-refractivity contribution in [2.24, 2.45) is 0 Å². The van der Waals surface area contributed by atoms with Gasteiger partial charge in [-0.1, -0.05) is 63.2 Å². The van der Waals surface area contributed by atoms with Gasteiger partial charge in [-0.25, -0.2) is 0 Å². The Labute approximate surface area is 196 Å².